The zero-order valence-electron chi connectivity index (χ0n) is 19.9. The van der Waals surface area contributed by atoms with Crippen LogP contribution in [0.25, 0.3) is 33.3 Å². The number of pyridine rings is 1. The molecule has 1 aliphatic heterocycles. The average molecular weight is 492 g/mol. The number of benzene rings is 1. The molecule has 0 bridgehead atoms. The summed E-state index contributed by atoms with van der Waals surface area (Å²) in [6, 6.07) is 6.17. The van der Waals surface area contributed by atoms with Crippen molar-refractivity contribution >= 4 is 27.6 Å². The molecule has 0 atom stereocenters. The van der Waals surface area contributed by atoms with E-state index < -0.39 is 13.0 Å². The van der Waals surface area contributed by atoms with Crippen LogP contribution >= 0.6 is 0 Å². The Labute approximate surface area is 205 Å². The van der Waals surface area contributed by atoms with Gasteiger partial charge in [0, 0.05) is 23.2 Å². The standard InChI is InChI=1S/C26H27F2N7O/c1-35-8-6-13(7-9-35)15-4-5-18-24(23(15)30-12-19(27)28)34-25(32-18)20-22-17(11-31-26(20)36)16(10-29)21(33-22)14-2-3-14/h4-5,11,13-14,19,30,33H,2-3,6-9,12H2,1H3,(H,31,36)(H,32,34). The Morgan fingerprint density at radius 2 is 1.97 bits per heavy atom. The molecule has 10 heteroatoms. The number of alkyl halides is 2. The highest BCUT2D eigenvalue weighted by Gasteiger charge is 2.31. The summed E-state index contributed by atoms with van der Waals surface area (Å²) in [7, 11) is 2.08. The highest BCUT2D eigenvalue weighted by Crippen LogP contribution is 2.44. The van der Waals surface area contributed by atoms with Crippen molar-refractivity contribution in [1.29, 1.82) is 5.26 Å². The van der Waals surface area contributed by atoms with Gasteiger partial charge in [-0.15, -0.1) is 0 Å². The number of rotatable bonds is 6. The number of nitrogens with one attached hydrogen (secondary N) is 4. The van der Waals surface area contributed by atoms with E-state index >= 15 is 0 Å². The van der Waals surface area contributed by atoms with E-state index in [0.717, 1.165) is 50.0 Å². The van der Waals surface area contributed by atoms with Crippen molar-refractivity contribution in [3.63, 3.8) is 0 Å². The van der Waals surface area contributed by atoms with Gasteiger partial charge >= 0.3 is 0 Å². The zero-order valence-corrected chi connectivity index (χ0v) is 19.9. The predicted octanol–water partition coefficient (Wildman–Crippen LogP) is 4.63. The van der Waals surface area contributed by atoms with Crippen molar-refractivity contribution in [2.45, 2.75) is 43.9 Å². The molecule has 8 nitrogen and oxygen atoms in total. The molecule has 4 N–H and O–H groups in total. The molecule has 6 rings (SSSR count). The summed E-state index contributed by atoms with van der Waals surface area (Å²) in [5.74, 6) is 0.874. The highest BCUT2D eigenvalue weighted by atomic mass is 19.3. The topological polar surface area (TPSA) is 116 Å². The maximum absolute atomic E-state index is 13.2. The Bertz CT molecular complexity index is 1550. The number of hydrogen-bond donors (Lipinski definition) is 4. The molecule has 3 aromatic heterocycles. The first-order valence-corrected chi connectivity index (χ1v) is 12.4. The number of fused-ring (bicyclic) bond motifs is 2. The zero-order chi connectivity index (χ0) is 25.0. The third kappa shape index (κ3) is 3.84. The van der Waals surface area contributed by atoms with E-state index in [1.165, 1.54) is 0 Å². The Morgan fingerprint density at radius 1 is 1.19 bits per heavy atom. The van der Waals surface area contributed by atoms with Crippen LogP contribution in [0.1, 0.15) is 54.3 Å². The van der Waals surface area contributed by atoms with Gasteiger partial charge < -0.3 is 25.2 Å². The van der Waals surface area contributed by atoms with Crippen molar-refractivity contribution < 1.29 is 8.78 Å². The Balaban J connectivity index is 1.51. The number of aromatic amines is 3. The van der Waals surface area contributed by atoms with Crippen LogP contribution in [0.3, 0.4) is 0 Å². The molecule has 186 valence electrons. The number of nitrogens with zero attached hydrogens (tertiary/aromatic N) is 3. The van der Waals surface area contributed by atoms with Gasteiger partial charge in [0.05, 0.1) is 28.8 Å². The highest BCUT2D eigenvalue weighted by molar-refractivity contribution is 5.99. The number of likely N-dealkylation sites (tertiary alicyclic amines) is 1. The maximum atomic E-state index is 13.2. The van der Waals surface area contributed by atoms with E-state index in [0.29, 0.717) is 50.5 Å². The summed E-state index contributed by atoms with van der Waals surface area (Å²) in [5.41, 5.74) is 4.70. The van der Waals surface area contributed by atoms with Gasteiger partial charge in [0.15, 0.2) is 0 Å². The van der Waals surface area contributed by atoms with Crippen LogP contribution in [0.5, 0.6) is 0 Å². The SMILES string of the molecule is CN1CCC(c2ccc3[nH]c(-c4c(=O)[nH]cc5c(C#N)c(C6CC6)[nH]c45)nc3c2NCC(F)F)CC1. The van der Waals surface area contributed by atoms with E-state index in [1.54, 1.807) is 6.20 Å². The summed E-state index contributed by atoms with van der Waals surface area (Å²) in [6.45, 7) is 1.40. The lowest BCUT2D eigenvalue weighted by Gasteiger charge is -2.30. The Kier molecular flexibility index (Phi) is 5.52. The molecular formula is C26H27F2N7O. The second-order valence-corrected chi connectivity index (χ2v) is 9.94. The first-order valence-electron chi connectivity index (χ1n) is 12.4. The lowest BCUT2D eigenvalue weighted by Crippen LogP contribution is -2.29. The van der Waals surface area contributed by atoms with Gasteiger partial charge in [-0.2, -0.15) is 5.26 Å². The van der Waals surface area contributed by atoms with Gasteiger partial charge in [0.25, 0.3) is 12.0 Å². The Morgan fingerprint density at radius 3 is 2.67 bits per heavy atom. The third-order valence-electron chi connectivity index (χ3n) is 7.50. The molecule has 0 unspecified atom stereocenters. The van der Waals surface area contributed by atoms with E-state index in [1.807, 2.05) is 12.1 Å². The van der Waals surface area contributed by atoms with Crippen LogP contribution in [-0.2, 0) is 0 Å². The molecule has 1 saturated heterocycles. The van der Waals surface area contributed by atoms with Crippen LogP contribution in [-0.4, -0.2) is 57.9 Å². The molecule has 2 aliphatic rings. The fourth-order valence-corrected chi connectivity index (χ4v) is 5.46. The monoisotopic (exact) mass is 491 g/mol. The minimum absolute atomic E-state index is 0.237. The van der Waals surface area contributed by atoms with Crippen molar-refractivity contribution in [2.24, 2.45) is 0 Å². The number of piperidine rings is 1. The largest absolute Gasteiger partial charge is 0.377 e. The molecule has 1 aromatic carbocycles. The van der Waals surface area contributed by atoms with Gasteiger partial charge in [0.2, 0.25) is 0 Å². The van der Waals surface area contributed by atoms with Crippen molar-refractivity contribution in [3.05, 3.63) is 45.5 Å². The summed E-state index contributed by atoms with van der Waals surface area (Å²) in [5, 5.41) is 13.4. The molecule has 1 saturated carbocycles. The molecule has 1 aliphatic carbocycles. The molecule has 4 aromatic rings. The van der Waals surface area contributed by atoms with Crippen molar-refractivity contribution in [2.75, 3.05) is 32.0 Å². The smallest absolute Gasteiger partial charge is 0.261 e. The first kappa shape index (κ1) is 22.7. The van der Waals surface area contributed by atoms with E-state index in [-0.39, 0.29) is 11.5 Å². The summed E-state index contributed by atoms with van der Waals surface area (Å²) in [6.07, 6.45) is 2.95. The normalized spacial score (nSPS) is 17.3. The fraction of sp³-hybridized carbons (Fsp3) is 0.423. The first-order chi connectivity index (χ1) is 17.4. The fourth-order valence-electron chi connectivity index (χ4n) is 5.46. The molecule has 0 radical (unpaired) electrons. The van der Waals surface area contributed by atoms with Crippen LogP contribution in [0.2, 0.25) is 0 Å². The molecule has 2 fully saturated rings. The lowest BCUT2D eigenvalue weighted by atomic mass is 9.88. The number of nitriles is 1. The third-order valence-corrected chi connectivity index (χ3v) is 7.50. The second kappa shape index (κ2) is 8.75. The van der Waals surface area contributed by atoms with Crippen molar-refractivity contribution in [1.82, 2.24) is 24.8 Å². The maximum Gasteiger partial charge on any atom is 0.261 e. The van der Waals surface area contributed by atoms with Crippen LogP contribution < -0.4 is 10.9 Å². The van der Waals surface area contributed by atoms with Crippen LogP contribution in [0, 0.1) is 11.3 Å². The van der Waals surface area contributed by atoms with E-state index in [9.17, 15) is 18.8 Å². The molecule has 0 amide bonds. The minimum atomic E-state index is -2.51. The summed E-state index contributed by atoms with van der Waals surface area (Å²) >= 11 is 0. The molecular weight excluding hydrogens is 464 g/mol. The number of imidazole rings is 1. The van der Waals surface area contributed by atoms with Crippen molar-refractivity contribution in [3.8, 4) is 17.5 Å². The quantitative estimate of drug-likeness (QED) is 0.314. The van der Waals surface area contributed by atoms with E-state index in [4.69, 9.17) is 4.98 Å². The molecule has 36 heavy (non-hydrogen) atoms. The number of hydrogen-bond acceptors (Lipinski definition) is 5. The van der Waals surface area contributed by atoms with Gasteiger partial charge in [-0.3, -0.25) is 4.79 Å². The lowest BCUT2D eigenvalue weighted by molar-refractivity contribution is 0.163. The summed E-state index contributed by atoms with van der Waals surface area (Å²) < 4.78 is 26.4. The van der Waals surface area contributed by atoms with Gasteiger partial charge in [0.1, 0.15) is 23.0 Å². The minimum Gasteiger partial charge on any atom is -0.377 e. The van der Waals surface area contributed by atoms with Gasteiger partial charge in [-0.1, -0.05) is 6.07 Å². The number of aromatic nitrogens is 4. The molecule has 4 heterocycles. The molecule has 0 spiro atoms. The Hall–Kier alpha value is -3.71. The van der Waals surface area contributed by atoms with Gasteiger partial charge in [-0.25, -0.2) is 13.8 Å². The van der Waals surface area contributed by atoms with E-state index in [2.05, 4.69) is 38.3 Å². The number of H-pyrrole nitrogens is 3. The summed E-state index contributed by atoms with van der Waals surface area (Å²) in [4.78, 5) is 29.4. The second-order valence-electron chi connectivity index (χ2n) is 9.94. The number of anilines is 1. The van der Waals surface area contributed by atoms with Gasteiger partial charge in [-0.05, 0) is 63.4 Å². The average Bonchev–Trinajstić information content (AvgIpc) is 3.51. The van der Waals surface area contributed by atoms with Crippen LogP contribution in [0.15, 0.2) is 23.1 Å². The number of halogens is 2. The van der Waals surface area contributed by atoms with Crippen LogP contribution in [0.4, 0.5) is 14.5 Å². The predicted molar refractivity (Wildman–Crippen MR) is 135 cm³/mol.